The van der Waals surface area contributed by atoms with E-state index in [1.54, 1.807) is 0 Å². The minimum atomic E-state index is -4.47. The molecule has 0 spiro atoms. The van der Waals surface area contributed by atoms with E-state index in [0.717, 1.165) is 24.3 Å². The van der Waals surface area contributed by atoms with Crippen LogP contribution in [0.5, 0.6) is 0 Å². The number of rotatable bonds is 3. The van der Waals surface area contributed by atoms with E-state index in [0.29, 0.717) is 23.1 Å². The van der Waals surface area contributed by atoms with Crippen molar-refractivity contribution in [1.29, 1.82) is 0 Å². The standard InChI is InChI=1S/C22H18F6N2O2/c23-21(24,25)16-4-1-13(2-5-16)18-7-8-29(20(18)32)12-19(31)30-10-14-3-6-17(22(26,27)28)9-15(14)11-30/h1-6,9,18H,7-8,10-12H2. The quantitative estimate of drug-likeness (QED) is 0.635. The lowest BCUT2D eigenvalue weighted by Gasteiger charge is -2.21. The Morgan fingerprint density at radius 2 is 1.47 bits per heavy atom. The van der Waals surface area contributed by atoms with Crippen LogP contribution in [0, 0.1) is 0 Å². The zero-order valence-electron chi connectivity index (χ0n) is 16.6. The number of benzene rings is 2. The van der Waals surface area contributed by atoms with Crippen molar-refractivity contribution in [2.24, 2.45) is 0 Å². The highest BCUT2D eigenvalue weighted by atomic mass is 19.4. The van der Waals surface area contributed by atoms with Crippen LogP contribution in [0.1, 0.15) is 40.2 Å². The second kappa shape index (κ2) is 7.83. The number of likely N-dealkylation sites (tertiary alicyclic amines) is 1. The molecule has 0 aromatic heterocycles. The van der Waals surface area contributed by atoms with Crippen molar-refractivity contribution in [3.8, 4) is 0 Å². The van der Waals surface area contributed by atoms with Crippen molar-refractivity contribution in [2.45, 2.75) is 37.8 Å². The molecule has 0 N–H and O–H groups in total. The van der Waals surface area contributed by atoms with Gasteiger partial charge in [0.25, 0.3) is 0 Å². The summed E-state index contributed by atoms with van der Waals surface area (Å²) < 4.78 is 76.9. The second-order valence-corrected chi connectivity index (χ2v) is 7.95. The lowest BCUT2D eigenvalue weighted by atomic mass is 9.96. The third kappa shape index (κ3) is 4.31. The molecule has 2 heterocycles. The molecule has 0 saturated carbocycles. The Morgan fingerprint density at radius 3 is 2.09 bits per heavy atom. The van der Waals surface area contributed by atoms with Gasteiger partial charge in [0.2, 0.25) is 11.8 Å². The molecule has 2 aromatic rings. The van der Waals surface area contributed by atoms with Crippen molar-refractivity contribution in [1.82, 2.24) is 9.80 Å². The number of alkyl halides is 6. The van der Waals surface area contributed by atoms with Gasteiger partial charge in [-0.3, -0.25) is 9.59 Å². The average Bonchev–Trinajstić information content (AvgIpc) is 3.30. The van der Waals surface area contributed by atoms with Gasteiger partial charge < -0.3 is 9.80 Å². The molecule has 2 amide bonds. The molecule has 2 aliphatic rings. The molecule has 0 radical (unpaired) electrons. The smallest absolute Gasteiger partial charge is 0.333 e. The molecule has 1 fully saturated rings. The molecule has 1 unspecified atom stereocenters. The van der Waals surface area contributed by atoms with E-state index in [1.807, 2.05) is 0 Å². The molecule has 32 heavy (non-hydrogen) atoms. The van der Waals surface area contributed by atoms with E-state index < -0.39 is 35.3 Å². The van der Waals surface area contributed by atoms with E-state index in [9.17, 15) is 35.9 Å². The van der Waals surface area contributed by atoms with Gasteiger partial charge in [-0.15, -0.1) is 0 Å². The molecule has 10 heteroatoms. The Hall–Kier alpha value is -3.04. The topological polar surface area (TPSA) is 40.6 Å². The first-order valence-corrected chi connectivity index (χ1v) is 9.86. The van der Waals surface area contributed by atoms with Crippen LogP contribution < -0.4 is 0 Å². The van der Waals surface area contributed by atoms with Crippen LogP contribution >= 0.6 is 0 Å². The van der Waals surface area contributed by atoms with E-state index in [2.05, 4.69) is 0 Å². The molecule has 2 aliphatic heterocycles. The molecule has 1 atom stereocenters. The van der Waals surface area contributed by atoms with Crippen molar-refractivity contribution < 1.29 is 35.9 Å². The fourth-order valence-corrected chi connectivity index (χ4v) is 4.12. The van der Waals surface area contributed by atoms with Gasteiger partial charge in [-0.25, -0.2) is 0 Å². The van der Waals surface area contributed by atoms with Gasteiger partial charge in [-0.1, -0.05) is 18.2 Å². The van der Waals surface area contributed by atoms with Crippen molar-refractivity contribution in [3.63, 3.8) is 0 Å². The SMILES string of the molecule is O=C(CN1CCC(c2ccc(C(F)(F)F)cc2)C1=O)N1Cc2ccc(C(F)(F)F)cc2C1. The van der Waals surface area contributed by atoms with Crippen molar-refractivity contribution in [2.75, 3.05) is 13.1 Å². The zero-order valence-corrected chi connectivity index (χ0v) is 16.6. The zero-order chi connectivity index (χ0) is 23.3. The Balaban J connectivity index is 1.39. The van der Waals surface area contributed by atoms with Crippen LogP contribution in [-0.4, -0.2) is 34.7 Å². The molecule has 170 valence electrons. The Bertz CT molecular complexity index is 1050. The molecule has 1 saturated heterocycles. The minimum absolute atomic E-state index is 0.0302. The largest absolute Gasteiger partial charge is 0.416 e. The third-order valence-electron chi connectivity index (χ3n) is 5.87. The summed E-state index contributed by atoms with van der Waals surface area (Å²) in [6, 6.07) is 7.75. The molecule has 4 rings (SSSR count). The van der Waals surface area contributed by atoms with Gasteiger partial charge in [0, 0.05) is 19.6 Å². The summed E-state index contributed by atoms with van der Waals surface area (Å²) in [5, 5.41) is 0. The Labute approximate surface area is 179 Å². The van der Waals surface area contributed by atoms with Crippen LogP contribution in [0.25, 0.3) is 0 Å². The van der Waals surface area contributed by atoms with E-state index in [-0.39, 0.29) is 32.1 Å². The highest BCUT2D eigenvalue weighted by Crippen LogP contribution is 2.35. The first kappa shape index (κ1) is 22.2. The number of amides is 2. The highest BCUT2D eigenvalue weighted by molar-refractivity contribution is 5.90. The monoisotopic (exact) mass is 456 g/mol. The second-order valence-electron chi connectivity index (χ2n) is 7.95. The summed E-state index contributed by atoms with van der Waals surface area (Å²) in [5.74, 6) is -1.37. The molecular formula is C22H18F6N2O2. The van der Waals surface area contributed by atoms with Gasteiger partial charge >= 0.3 is 12.4 Å². The molecule has 0 aliphatic carbocycles. The lowest BCUT2D eigenvalue weighted by molar-refractivity contribution is -0.139. The van der Waals surface area contributed by atoms with Crippen LogP contribution in [0.2, 0.25) is 0 Å². The number of hydrogen-bond acceptors (Lipinski definition) is 2. The van der Waals surface area contributed by atoms with E-state index in [1.165, 1.54) is 28.0 Å². The summed E-state index contributed by atoms with van der Waals surface area (Å²) >= 11 is 0. The van der Waals surface area contributed by atoms with Crippen LogP contribution in [0.4, 0.5) is 26.3 Å². The number of nitrogens with zero attached hydrogens (tertiary/aromatic N) is 2. The first-order valence-electron chi connectivity index (χ1n) is 9.86. The summed E-state index contributed by atoms with van der Waals surface area (Å²) in [5.41, 5.74) is -0.0860. The lowest BCUT2D eigenvalue weighted by Crippen LogP contribution is -2.39. The number of hydrogen-bond donors (Lipinski definition) is 0. The fraction of sp³-hybridized carbons (Fsp3) is 0.364. The molecule has 4 nitrogen and oxygen atoms in total. The third-order valence-corrected chi connectivity index (χ3v) is 5.87. The maximum atomic E-state index is 12.9. The minimum Gasteiger partial charge on any atom is -0.333 e. The van der Waals surface area contributed by atoms with E-state index >= 15 is 0 Å². The van der Waals surface area contributed by atoms with Crippen LogP contribution in [0.15, 0.2) is 42.5 Å². The number of halogens is 6. The maximum absolute atomic E-state index is 12.9. The predicted octanol–water partition coefficient (Wildman–Crippen LogP) is 4.58. The van der Waals surface area contributed by atoms with Gasteiger partial charge in [0.1, 0.15) is 0 Å². The Morgan fingerprint density at radius 1 is 0.875 bits per heavy atom. The van der Waals surface area contributed by atoms with Crippen LogP contribution in [-0.2, 0) is 35.0 Å². The Kier molecular flexibility index (Phi) is 5.42. The van der Waals surface area contributed by atoms with Crippen LogP contribution in [0.3, 0.4) is 0 Å². The predicted molar refractivity (Wildman–Crippen MR) is 101 cm³/mol. The number of fused-ring (bicyclic) bond motifs is 1. The van der Waals surface area contributed by atoms with Crippen molar-refractivity contribution in [3.05, 3.63) is 70.3 Å². The summed E-state index contributed by atoms with van der Waals surface area (Å²) in [7, 11) is 0. The summed E-state index contributed by atoms with van der Waals surface area (Å²) in [4.78, 5) is 28.1. The number of carbonyl (C=O) groups is 2. The highest BCUT2D eigenvalue weighted by Gasteiger charge is 2.37. The summed E-state index contributed by atoms with van der Waals surface area (Å²) in [6.07, 6.45) is -8.57. The fourth-order valence-electron chi connectivity index (χ4n) is 4.12. The van der Waals surface area contributed by atoms with Gasteiger partial charge in [0.05, 0.1) is 23.6 Å². The number of carbonyl (C=O) groups excluding carboxylic acids is 2. The first-order chi connectivity index (χ1) is 14.9. The molecular weight excluding hydrogens is 438 g/mol. The molecule has 2 aromatic carbocycles. The normalized spacial score (nSPS) is 18.9. The van der Waals surface area contributed by atoms with E-state index in [4.69, 9.17) is 0 Å². The van der Waals surface area contributed by atoms with Crippen molar-refractivity contribution >= 4 is 11.8 Å². The maximum Gasteiger partial charge on any atom is 0.416 e. The molecule has 0 bridgehead atoms. The van der Waals surface area contributed by atoms with Gasteiger partial charge in [0.15, 0.2) is 0 Å². The average molecular weight is 456 g/mol. The van der Waals surface area contributed by atoms with Gasteiger partial charge in [-0.05, 0) is 47.4 Å². The summed E-state index contributed by atoms with van der Waals surface area (Å²) in [6.45, 7) is 0.241. The van der Waals surface area contributed by atoms with Gasteiger partial charge in [-0.2, -0.15) is 26.3 Å².